The van der Waals surface area contributed by atoms with Crippen LogP contribution in [0.5, 0.6) is 0 Å². The van der Waals surface area contributed by atoms with Crippen molar-refractivity contribution in [3.8, 4) is 0 Å². The molecule has 1 atom stereocenters. The normalized spacial score (nSPS) is 12.7. The van der Waals surface area contributed by atoms with Crippen LogP contribution in [0.15, 0.2) is 42.0 Å². The van der Waals surface area contributed by atoms with Gasteiger partial charge in [0.05, 0.1) is 17.1 Å². The first kappa shape index (κ1) is 13.2. The number of hydrogen-bond donors (Lipinski definition) is 1. The number of aryl methyl sites for hydroxylation is 1. The predicted molar refractivity (Wildman–Crippen MR) is 84.1 cm³/mol. The van der Waals surface area contributed by atoms with Gasteiger partial charge in [-0.1, -0.05) is 19.1 Å². The van der Waals surface area contributed by atoms with Crippen molar-refractivity contribution in [3.05, 3.63) is 58.2 Å². The van der Waals surface area contributed by atoms with Crippen molar-refractivity contribution in [2.75, 3.05) is 6.54 Å². The minimum atomic E-state index is 0.207. The van der Waals surface area contributed by atoms with E-state index in [1.807, 2.05) is 18.6 Å². The van der Waals surface area contributed by atoms with Crippen LogP contribution in [0.25, 0.3) is 10.9 Å². The van der Waals surface area contributed by atoms with Crippen LogP contribution in [0.1, 0.15) is 29.1 Å². The van der Waals surface area contributed by atoms with E-state index < -0.39 is 0 Å². The molecule has 102 valence electrons. The highest BCUT2D eigenvalue weighted by atomic mass is 32.1. The molecule has 3 rings (SSSR count). The van der Waals surface area contributed by atoms with E-state index in [2.05, 4.69) is 52.5 Å². The average molecular weight is 283 g/mol. The lowest BCUT2D eigenvalue weighted by Crippen LogP contribution is -2.21. The molecule has 0 aliphatic rings. The third kappa shape index (κ3) is 2.57. The maximum Gasteiger partial charge on any atom is 0.0794 e. The summed E-state index contributed by atoms with van der Waals surface area (Å²) in [6, 6.07) is 10.9. The van der Waals surface area contributed by atoms with Gasteiger partial charge in [-0.2, -0.15) is 0 Å². The summed E-state index contributed by atoms with van der Waals surface area (Å²) in [5.74, 6) is 0. The minimum Gasteiger partial charge on any atom is -0.306 e. The van der Waals surface area contributed by atoms with E-state index in [9.17, 15) is 0 Å². The van der Waals surface area contributed by atoms with Crippen molar-refractivity contribution >= 4 is 22.2 Å². The van der Waals surface area contributed by atoms with Gasteiger partial charge in [-0.3, -0.25) is 9.97 Å². The van der Waals surface area contributed by atoms with Crippen LogP contribution in [0, 0.1) is 6.92 Å². The molecule has 0 spiro atoms. The van der Waals surface area contributed by atoms with Gasteiger partial charge in [0.1, 0.15) is 0 Å². The Morgan fingerprint density at radius 2 is 2.15 bits per heavy atom. The Kier molecular flexibility index (Phi) is 3.76. The number of nitrogens with zero attached hydrogens (tertiary/aromatic N) is 2. The number of benzene rings is 1. The summed E-state index contributed by atoms with van der Waals surface area (Å²) in [4.78, 5) is 9.99. The monoisotopic (exact) mass is 283 g/mol. The molecule has 0 aliphatic heterocycles. The van der Waals surface area contributed by atoms with Crippen molar-refractivity contribution in [1.82, 2.24) is 15.3 Å². The van der Waals surface area contributed by atoms with Gasteiger partial charge in [-0.05, 0) is 37.2 Å². The number of pyridine rings is 1. The van der Waals surface area contributed by atoms with Crippen LogP contribution >= 0.6 is 11.3 Å². The summed E-state index contributed by atoms with van der Waals surface area (Å²) in [6.45, 7) is 5.07. The van der Waals surface area contributed by atoms with Gasteiger partial charge in [0.2, 0.25) is 0 Å². The molecule has 0 saturated heterocycles. The molecule has 0 saturated carbocycles. The molecule has 1 unspecified atom stereocenters. The van der Waals surface area contributed by atoms with Gasteiger partial charge >= 0.3 is 0 Å². The molecule has 3 aromatic rings. The highest BCUT2D eigenvalue weighted by Gasteiger charge is 2.14. The highest BCUT2D eigenvalue weighted by molar-refractivity contribution is 7.09. The molecule has 0 amide bonds. The summed E-state index contributed by atoms with van der Waals surface area (Å²) in [5.41, 5.74) is 5.24. The lowest BCUT2D eigenvalue weighted by Gasteiger charge is -2.17. The molecule has 4 heteroatoms. The summed E-state index contributed by atoms with van der Waals surface area (Å²) in [6.07, 6.45) is 1.94. The number of nitrogens with one attached hydrogen (secondary N) is 1. The van der Waals surface area contributed by atoms with Gasteiger partial charge in [0, 0.05) is 22.2 Å². The lowest BCUT2D eigenvalue weighted by atomic mass is 10.0. The SMILES string of the molecule is CCNC(c1ccc2nc(C)ccc2c1)c1cncs1. The van der Waals surface area contributed by atoms with Gasteiger partial charge in [-0.15, -0.1) is 11.3 Å². The van der Waals surface area contributed by atoms with Crippen molar-refractivity contribution in [2.24, 2.45) is 0 Å². The van der Waals surface area contributed by atoms with E-state index in [0.717, 1.165) is 17.8 Å². The first-order valence-corrected chi connectivity index (χ1v) is 7.65. The third-order valence-corrected chi connectivity index (χ3v) is 4.17. The van der Waals surface area contributed by atoms with Crippen LogP contribution in [0.3, 0.4) is 0 Å². The van der Waals surface area contributed by atoms with Gasteiger partial charge in [0.25, 0.3) is 0 Å². The number of aromatic nitrogens is 2. The van der Waals surface area contributed by atoms with E-state index in [4.69, 9.17) is 0 Å². The molecule has 0 fully saturated rings. The first-order valence-electron chi connectivity index (χ1n) is 6.77. The lowest BCUT2D eigenvalue weighted by molar-refractivity contribution is 0.639. The zero-order valence-electron chi connectivity index (χ0n) is 11.6. The number of hydrogen-bond acceptors (Lipinski definition) is 4. The van der Waals surface area contributed by atoms with Crippen LogP contribution in [0.4, 0.5) is 0 Å². The maximum absolute atomic E-state index is 4.55. The Balaban J connectivity index is 2.05. The van der Waals surface area contributed by atoms with E-state index in [1.54, 1.807) is 11.3 Å². The van der Waals surface area contributed by atoms with Crippen LogP contribution in [-0.2, 0) is 0 Å². The molecule has 3 nitrogen and oxygen atoms in total. The van der Waals surface area contributed by atoms with E-state index in [1.165, 1.54) is 15.8 Å². The van der Waals surface area contributed by atoms with Gasteiger partial charge in [-0.25, -0.2) is 0 Å². The molecule has 0 aliphatic carbocycles. The number of rotatable bonds is 4. The zero-order valence-corrected chi connectivity index (χ0v) is 12.4. The Morgan fingerprint density at radius 1 is 1.25 bits per heavy atom. The Hall–Kier alpha value is -1.78. The summed E-state index contributed by atoms with van der Waals surface area (Å²) in [5, 5.41) is 4.71. The Labute approximate surface area is 122 Å². The van der Waals surface area contributed by atoms with Crippen molar-refractivity contribution in [1.29, 1.82) is 0 Å². The highest BCUT2D eigenvalue weighted by Crippen LogP contribution is 2.27. The molecule has 2 heterocycles. The second-order valence-electron chi connectivity index (χ2n) is 4.80. The molecular weight excluding hydrogens is 266 g/mol. The maximum atomic E-state index is 4.55. The Bertz CT molecular complexity index is 707. The molecule has 2 aromatic heterocycles. The summed E-state index contributed by atoms with van der Waals surface area (Å²) >= 11 is 1.68. The second-order valence-corrected chi connectivity index (χ2v) is 5.72. The fourth-order valence-electron chi connectivity index (χ4n) is 2.38. The number of thiazole rings is 1. The van der Waals surface area contributed by atoms with Crippen LogP contribution in [0.2, 0.25) is 0 Å². The molecule has 1 aromatic carbocycles. The van der Waals surface area contributed by atoms with E-state index in [-0.39, 0.29) is 6.04 Å². The van der Waals surface area contributed by atoms with Crippen molar-refractivity contribution < 1.29 is 0 Å². The molecule has 20 heavy (non-hydrogen) atoms. The molecular formula is C16H17N3S. The van der Waals surface area contributed by atoms with Gasteiger partial charge < -0.3 is 5.32 Å². The smallest absolute Gasteiger partial charge is 0.0794 e. The predicted octanol–water partition coefficient (Wildman–Crippen LogP) is 3.70. The molecule has 0 bridgehead atoms. The third-order valence-electron chi connectivity index (χ3n) is 3.33. The average Bonchev–Trinajstić information content (AvgIpc) is 2.98. The molecule has 1 N–H and O–H groups in total. The molecule has 0 radical (unpaired) electrons. The zero-order chi connectivity index (χ0) is 13.9. The van der Waals surface area contributed by atoms with Crippen LogP contribution in [-0.4, -0.2) is 16.5 Å². The van der Waals surface area contributed by atoms with Crippen molar-refractivity contribution in [3.63, 3.8) is 0 Å². The quantitative estimate of drug-likeness (QED) is 0.793. The summed E-state index contributed by atoms with van der Waals surface area (Å²) in [7, 11) is 0. The standard InChI is InChI=1S/C16H17N3S/c1-3-18-16(15-9-17-10-20-15)13-6-7-14-12(8-13)5-4-11(2)19-14/h4-10,16,18H,3H2,1-2H3. The first-order chi connectivity index (χ1) is 9.78. The van der Waals surface area contributed by atoms with Gasteiger partial charge in [0.15, 0.2) is 0 Å². The Morgan fingerprint density at radius 3 is 2.90 bits per heavy atom. The van der Waals surface area contributed by atoms with Crippen molar-refractivity contribution in [2.45, 2.75) is 19.9 Å². The largest absolute Gasteiger partial charge is 0.306 e. The topological polar surface area (TPSA) is 37.8 Å². The minimum absolute atomic E-state index is 0.207. The fraction of sp³-hybridized carbons (Fsp3) is 0.250. The fourth-order valence-corrected chi connectivity index (χ4v) is 3.10. The van der Waals surface area contributed by atoms with Crippen LogP contribution < -0.4 is 5.32 Å². The summed E-state index contributed by atoms with van der Waals surface area (Å²) < 4.78 is 0. The van der Waals surface area contributed by atoms with E-state index in [0.29, 0.717) is 0 Å². The number of fused-ring (bicyclic) bond motifs is 1. The second kappa shape index (κ2) is 5.69. The van der Waals surface area contributed by atoms with E-state index >= 15 is 0 Å².